The van der Waals surface area contributed by atoms with E-state index in [1.807, 2.05) is 31.2 Å². The third kappa shape index (κ3) is 5.68. The molecule has 3 aromatic rings. The monoisotopic (exact) mass is 412 g/mol. The molecule has 0 fully saturated rings. The van der Waals surface area contributed by atoms with Gasteiger partial charge in [-0.25, -0.2) is 13.4 Å². The Kier molecular flexibility index (Phi) is 6.66. The first-order chi connectivity index (χ1) is 14.0. The number of nitrogens with zero attached hydrogens (tertiary/aromatic N) is 2. The second-order valence-corrected chi connectivity index (χ2v) is 8.60. The van der Waals surface area contributed by atoms with Crippen molar-refractivity contribution in [2.45, 2.75) is 18.4 Å². The fraction of sp³-hybridized carbons (Fsp3) is 0.238. The lowest BCUT2D eigenvalue weighted by molar-refractivity contribution is 0.572. The summed E-state index contributed by atoms with van der Waals surface area (Å²) in [6.07, 6.45) is 1.59. The Morgan fingerprint density at radius 2 is 1.79 bits per heavy atom. The van der Waals surface area contributed by atoms with Gasteiger partial charge in [-0.1, -0.05) is 35.9 Å². The minimum atomic E-state index is -3.33. The predicted molar refractivity (Wildman–Crippen MR) is 113 cm³/mol. The summed E-state index contributed by atoms with van der Waals surface area (Å²) in [5.41, 5.74) is 2.81. The maximum Gasteiger partial charge on any atom is 0.226 e. The first-order valence-corrected chi connectivity index (χ1v) is 10.9. The molecule has 0 saturated heterocycles. The minimum absolute atomic E-state index is 0.0285. The van der Waals surface area contributed by atoms with Gasteiger partial charge in [0, 0.05) is 19.2 Å². The number of nitrogens with one attached hydrogen (secondary N) is 2. The van der Waals surface area contributed by atoms with E-state index >= 15 is 0 Å². The van der Waals surface area contributed by atoms with Crippen LogP contribution in [0.3, 0.4) is 0 Å². The van der Waals surface area contributed by atoms with E-state index in [1.54, 1.807) is 43.6 Å². The zero-order chi connectivity index (χ0) is 20.7. The topological polar surface area (TPSA) is 96.6 Å². The molecular weight excluding hydrogens is 388 g/mol. The zero-order valence-corrected chi connectivity index (χ0v) is 17.2. The summed E-state index contributed by atoms with van der Waals surface area (Å²) in [6.45, 7) is 2.67. The Bertz CT molecular complexity index is 1060. The van der Waals surface area contributed by atoms with Crippen molar-refractivity contribution in [1.29, 1.82) is 0 Å². The van der Waals surface area contributed by atoms with Crippen LogP contribution >= 0.6 is 0 Å². The molecule has 2 N–H and O–H groups in total. The SMILES string of the molecule is CN=C(NCCS(=O)(=O)c1ccccc1)NCc1coc(-c2ccc(C)cc2)n1. The Morgan fingerprint density at radius 3 is 2.48 bits per heavy atom. The largest absolute Gasteiger partial charge is 0.444 e. The van der Waals surface area contributed by atoms with E-state index in [2.05, 4.69) is 20.6 Å². The molecule has 1 aromatic heterocycles. The summed E-state index contributed by atoms with van der Waals surface area (Å²) in [5, 5.41) is 6.12. The van der Waals surface area contributed by atoms with Crippen molar-refractivity contribution in [2.24, 2.45) is 4.99 Å². The smallest absolute Gasteiger partial charge is 0.226 e. The molecule has 152 valence electrons. The van der Waals surface area contributed by atoms with Crippen molar-refractivity contribution in [3.8, 4) is 11.5 Å². The first-order valence-electron chi connectivity index (χ1n) is 9.22. The van der Waals surface area contributed by atoms with Crippen LogP contribution in [0.4, 0.5) is 0 Å². The van der Waals surface area contributed by atoms with Gasteiger partial charge in [0.1, 0.15) is 6.26 Å². The molecule has 7 nitrogen and oxygen atoms in total. The van der Waals surface area contributed by atoms with Gasteiger partial charge in [0.15, 0.2) is 15.8 Å². The fourth-order valence-electron chi connectivity index (χ4n) is 2.66. The molecule has 0 aliphatic carbocycles. The average Bonchev–Trinajstić information content (AvgIpc) is 3.20. The van der Waals surface area contributed by atoms with Crippen LogP contribution in [-0.2, 0) is 16.4 Å². The van der Waals surface area contributed by atoms with E-state index in [1.165, 1.54) is 5.56 Å². The van der Waals surface area contributed by atoms with Crippen molar-refractivity contribution < 1.29 is 12.8 Å². The minimum Gasteiger partial charge on any atom is -0.444 e. The van der Waals surface area contributed by atoms with E-state index in [9.17, 15) is 8.42 Å². The molecule has 0 radical (unpaired) electrons. The van der Waals surface area contributed by atoms with Crippen molar-refractivity contribution in [3.63, 3.8) is 0 Å². The zero-order valence-electron chi connectivity index (χ0n) is 16.4. The number of hydrogen-bond donors (Lipinski definition) is 2. The number of rotatable bonds is 7. The quantitative estimate of drug-likeness (QED) is 0.458. The molecule has 0 saturated carbocycles. The van der Waals surface area contributed by atoms with Crippen LogP contribution in [0.15, 0.2) is 75.2 Å². The summed E-state index contributed by atoms with van der Waals surface area (Å²) >= 11 is 0. The van der Waals surface area contributed by atoms with Gasteiger partial charge in [-0.05, 0) is 31.2 Å². The Hall–Kier alpha value is -3.13. The standard InChI is InChI=1S/C21H24N4O3S/c1-16-8-10-17(11-9-16)20-25-18(15-28-20)14-24-21(22-2)23-12-13-29(26,27)19-6-4-3-5-7-19/h3-11,15H,12-14H2,1-2H3,(H2,22,23,24). The number of benzene rings is 2. The second kappa shape index (κ2) is 9.38. The van der Waals surface area contributed by atoms with Crippen LogP contribution in [-0.4, -0.2) is 38.7 Å². The summed E-state index contributed by atoms with van der Waals surface area (Å²) in [4.78, 5) is 8.89. The van der Waals surface area contributed by atoms with Gasteiger partial charge in [0.25, 0.3) is 0 Å². The lowest BCUT2D eigenvalue weighted by atomic mass is 10.1. The Labute approximate surface area is 170 Å². The second-order valence-electron chi connectivity index (χ2n) is 6.49. The highest BCUT2D eigenvalue weighted by Gasteiger charge is 2.14. The highest BCUT2D eigenvalue weighted by Crippen LogP contribution is 2.19. The summed E-state index contributed by atoms with van der Waals surface area (Å²) in [5.74, 6) is 1.02. The molecule has 0 bridgehead atoms. The third-order valence-electron chi connectivity index (χ3n) is 4.28. The summed E-state index contributed by atoms with van der Waals surface area (Å²) < 4.78 is 30.2. The number of guanidine groups is 1. The predicted octanol–water partition coefficient (Wildman–Crippen LogP) is 2.79. The number of aryl methyl sites for hydroxylation is 1. The van der Waals surface area contributed by atoms with Gasteiger partial charge in [0.05, 0.1) is 22.9 Å². The first kappa shape index (κ1) is 20.6. The van der Waals surface area contributed by atoms with Crippen LogP contribution in [0.5, 0.6) is 0 Å². The molecular formula is C21H24N4O3S. The van der Waals surface area contributed by atoms with E-state index in [4.69, 9.17) is 4.42 Å². The lowest BCUT2D eigenvalue weighted by Gasteiger charge is -2.11. The van der Waals surface area contributed by atoms with Gasteiger partial charge < -0.3 is 15.1 Å². The molecule has 1 heterocycles. The number of sulfone groups is 1. The van der Waals surface area contributed by atoms with Crippen LogP contribution in [0.2, 0.25) is 0 Å². The molecule has 0 atom stereocenters. The highest BCUT2D eigenvalue weighted by atomic mass is 32.2. The maximum absolute atomic E-state index is 12.3. The van der Waals surface area contributed by atoms with Gasteiger partial charge in [0.2, 0.25) is 5.89 Å². The van der Waals surface area contributed by atoms with Gasteiger partial charge in [-0.3, -0.25) is 4.99 Å². The van der Waals surface area contributed by atoms with Crippen LogP contribution in [0.1, 0.15) is 11.3 Å². The molecule has 0 aliphatic heterocycles. The van der Waals surface area contributed by atoms with E-state index in [0.717, 1.165) is 11.3 Å². The third-order valence-corrected chi connectivity index (χ3v) is 6.01. The summed E-state index contributed by atoms with van der Waals surface area (Å²) in [6, 6.07) is 16.3. The van der Waals surface area contributed by atoms with Gasteiger partial charge in [-0.2, -0.15) is 0 Å². The van der Waals surface area contributed by atoms with Gasteiger partial charge >= 0.3 is 0 Å². The van der Waals surface area contributed by atoms with E-state index in [0.29, 0.717) is 23.3 Å². The number of hydrogen-bond acceptors (Lipinski definition) is 5. The van der Waals surface area contributed by atoms with Crippen LogP contribution in [0.25, 0.3) is 11.5 Å². The number of aromatic nitrogens is 1. The summed E-state index contributed by atoms with van der Waals surface area (Å²) in [7, 11) is -1.71. The molecule has 3 rings (SSSR count). The van der Waals surface area contributed by atoms with Crippen molar-refractivity contribution in [2.75, 3.05) is 19.3 Å². The highest BCUT2D eigenvalue weighted by molar-refractivity contribution is 7.91. The molecule has 0 aliphatic rings. The molecule has 2 aromatic carbocycles. The molecule has 8 heteroatoms. The molecule has 0 spiro atoms. The van der Waals surface area contributed by atoms with Gasteiger partial charge in [-0.15, -0.1) is 0 Å². The average molecular weight is 413 g/mol. The van der Waals surface area contributed by atoms with E-state index in [-0.39, 0.29) is 12.3 Å². The van der Waals surface area contributed by atoms with Crippen molar-refractivity contribution >= 4 is 15.8 Å². The molecule has 29 heavy (non-hydrogen) atoms. The lowest BCUT2D eigenvalue weighted by Crippen LogP contribution is -2.39. The molecule has 0 unspecified atom stereocenters. The molecule has 0 amide bonds. The van der Waals surface area contributed by atoms with Crippen molar-refractivity contribution in [1.82, 2.24) is 15.6 Å². The number of aliphatic imine (C=N–C) groups is 1. The van der Waals surface area contributed by atoms with Crippen LogP contribution in [0, 0.1) is 6.92 Å². The maximum atomic E-state index is 12.3. The van der Waals surface area contributed by atoms with E-state index < -0.39 is 9.84 Å². The number of oxazole rings is 1. The Morgan fingerprint density at radius 1 is 1.07 bits per heavy atom. The van der Waals surface area contributed by atoms with Crippen molar-refractivity contribution in [3.05, 3.63) is 72.1 Å². The fourth-order valence-corrected chi connectivity index (χ4v) is 3.84. The van der Waals surface area contributed by atoms with Crippen LogP contribution < -0.4 is 10.6 Å². The Balaban J connectivity index is 1.50. The normalized spacial score (nSPS) is 12.0.